The van der Waals surface area contributed by atoms with Crippen molar-refractivity contribution in [2.45, 2.75) is 0 Å². The van der Waals surface area contributed by atoms with Gasteiger partial charge in [0.05, 0.1) is 16.1 Å². The third-order valence-corrected chi connectivity index (χ3v) is 2.91. The number of carboxylic acids is 2. The van der Waals surface area contributed by atoms with Crippen molar-refractivity contribution in [3.05, 3.63) is 63.5 Å². The van der Waals surface area contributed by atoms with Crippen LogP contribution in [0.2, 0.25) is 0 Å². The van der Waals surface area contributed by atoms with Crippen LogP contribution >= 0.6 is 0 Å². The van der Waals surface area contributed by atoms with E-state index in [1.807, 2.05) is 0 Å². The van der Waals surface area contributed by atoms with Gasteiger partial charge in [-0.25, -0.2) is 14.0 Å². The zero-order valence-corrected chi connectivity index (χ0v) is 10.8. The summed E-state index contributed by atoms with van der Waals surface area (Å²) in [5.74, 6) is -3.83. The van der Waals surface area contributed by atoms with E-state index in [-0.39, 0.29) is 16.7 Å². The number of nitrogens with zero attached hydrogens (tertiary/aromatic N) is 1. The second kappa shape index (κ2) is 5.60. The molecule has 2 rings (SSSR count). The topological polar surface area (TPSA) is 118 Å². The van der Waals surface area contributed by atoms with Gasteiger partial charge >= 0.3 is 11.9 Å². The first kappa shape index (κ1) is 15.1. The van der Waals surface area contributed by atoms with Gasteiger partial charge in [0.15, 0.2) is 0 Å². The number of nitro groups is 1. The lowest BCUT2D eigenvalue weighted by Gasteiger charge is -2.06. The highest BCUT2D eigenvalue weighted by Crippen LogP contribution is 2.27. The minimum atomic E-state index is -1.50. The van der Waals surface area contributed by atoms with Crippen LogP contribution in [0.3, 0.4) is 0 Å². The van der Waals surface area contributed by atoms with Gasteiger partial charge < -0.3 is 10.2 Å². The minimum Gasteiger partial charge on any atom is -0.478 e. The summed E-state index contributed by atoms with van der Waals surface area (Å²) in [4.78, 5) is 32.0. The lowest BCUT2D eigenvalue weighted by molar-refractivity contribution is -0.384. The lowest BCUT2D eigenvalue weighted by atomic mass is 10.00. The molecule has 0 amide bonds. The molecule has 0 spiro atoms. The molecule has 2 N–H and O–H groups in total. The zero-order chi connectivity index (χ0) is 16.4. The predicted octanol–water partition coefficient (Wildman–Crippen LogP) is 2.80. The highest BCUT2D eigenvalue weighted by atomic mass is 19.1. The second-order valence-electron chi connectivity index (χ2n) is 4.33. The number of non-ortho nitro benzene ring substituents is 1. The Hall–Kier alpha value is -3.29. The van der Waals surface area contributed by atoms with Gasteiger partial charge in [-0.1, -0.05) is 6.07 Å². The van der Waals surface area contributed by atoms with Crippen molar-refractivity contribution in [3.8, 4) is 11.1 Å². The lowest BCUT2D eigenvalue weighted by Crippen LogP contribution is -2.02. The fraction of sp³-hybridized carbons (Fsp3) is 0. The first-order valence-corrected chi connectivity index (χ1v) is 5.85. The average Bonchev–Trinajstić information content (AvgIpc) is 2.46. The Bertz CT molecular complexity index is 770. The van der Waals surface area contributed by atoms with Crippen molar-refractivity contribution >= 4 is 17.6 Å². The number of benzene rings is 2. The molecular formula is C14H8FNO6. The molecule has 0 bridgehead atoms. The maximum absolute atomic E-state index is 13.4. The Kier molecular flexibility index (Phi) is 3.85. The highest BCUT2D eigenvalue weighted by molar-refractivity contribution is 5.92. The van der Waals surface area contributed by atoms with Crippen LogP contribution in [0, 0.1) is 15.9 Å². The van der Waals surface area contributed by atoms with Crippen LogP contribution in [0.5, 0.6) is 0 Å². The normalized spacial score (nSPS) is 10.2. The smallest absolute Gasteiger partial charge is 0.338 e. The van der Waals surface area contributed by atoms with Crippen LogP contribution < -0.4 is 0 Å². The molecule has 0 atom stereocenters. The first-order valence-electron chi connectivity index (χ1n) is 5.85. The van der Waals surface area contributed by atoms with E-state index in [1.54, 1.807) is 0 Å². The highest BCUT2D eigenvalue weighted by Gasteiger charge is 2.17. The number of rotatable bonds is 4. The van der Waals surface area contributed by atoms with Crippen LogP contribution in [0.4, 0.5) is 10.1 Å². The van der Waals surface area contributed by atoms with E-state index in [0.717, 1.165) is 30.3 Å². The number of hydrogen-bond donors (Lipinski definition) is 2. The van der Waals surface area contributed by atoms with Crippen molar-refractivity contribution in [1.82, 2.24) is 0 Å². The number of aromatic carboxylic acids is 2. The third-order valence-electron chi connectivity index (χ3n) is 2.91. The molecule has 7 nitrogen and oxygen atoms in total. The van der Waals surface area contributed by atoms with Crippen molar-refractivity contribution < 1.29 is 29.1 Å². The molecule has 0 aliphatic heterocycles. The zero-order valence-electron chi connectivity index (χ0n) is 10.8. The summed E-state index contributed by atoms with van der Waals surface area (Å²) in [7, 11) is 0. The molecular weight excluding hydrogens is 297 g/mol. The van der Waals surface area contributed by atoms with E-state index in [4.69, 9.17) is 10.2 Å². The summed E-state index contributed by atoms with van der Waals surface area (Å²) >= 11 is 0. The largest absolute Gasteiger partial charge is 0.478 e. The van der Waals surface area contributed by atoms with Gasteiger partial charge in [0.25, 0.3) is 5.69 Å². The summed E-state index contributed by atoms with van der Waals surface area (Å²) < 4.78 is 13.4. The van der Waals surface area contributed by atoms with Crippen molar-refractivity contribution in [3.63, 3.8) is 0 Å². The molecule has 0 unspecified atom stereocenters. The molecule has 0 saturated carbocycles. The summed E-state index contributed by atoms with van der Waals surface area (Å²) in [5.41, 5.74) is -1.14. The van der Waals surface area contributed by atoms with Gasteiger partial charge in [-0.15, -0.1) is 0 Å². The fourth-order valence-corrected chi connectivity index (χ4v) is 1.88. The molecule has 0 radical (unpaired) electrons. The van der Waals surface area contributed by atoms with Crippen molar-refractivity contribution in [2.75, 3.05) is 0 Å². The van der Waals surface area contributed by atoms with Crippen LogP contribution in [0.15, 0.2) is 36.4 Å². The maximum atomic E-state index is 13.4. The molecule has 112 valence electrons. The van der Waals surface area contributed by atoms with Crippen LogP contribution in [-0.4, -0.2) is 27.1 Å². The standard InChI is InChI=1S/C14H8FNO6/c15-12-2-1-7(6-11(12)14(19)20)8-3-9(13(17)18)5-10(4-8)16(21)22/h1-6H,(H,17,18)(H,19,20). The van der Waals surface area contributed by atoms with Gasteiger partial charge in [-0.05, 0) is 29.3 Å². The van der Waals surface area contributed by atoms with E-state index in [2.05, 4.69) is 0 Å². The summed E-state index contributed by atoms with van der Waals surface area (Å²) in [6, 6.07) is 6.22. The summed E-state index contributed by atoms with van der Waals surface area (Å²) in [6.45, 7) is 0. The number of nitro benzene ring substituents is 1. The number of carbonyl (C=O) groups is 2. The molecule has 2 aromatic rings. The van der Waals surface area contributed by atoms with E-state index in [1.165, 1.54) is 6.07 Å². The van der Waals surface area contributed by atoms with Gasteiger partial charge in [-0.3, -0.25) is 10.1 Å². The Morgan fingerprint density at radius 2 is 1.68 bits per heavy atom. The summed E-state index contributed by atoms with van der Waals surface area (Å²) in [6.07, 6.45) is 0. The van der Waals surface area contributed by atoms with Crippen LogP contribution in [0.25, 0.3) is 11.1 Å². The molecule has 22 heavy (non-hydrogen) atoms. The van der Waals surface area contributed by atoms with E-state index >= 15 is 0 Å². The van der Waals surface area contributed by atoms with E-state index in [0.29, 0.717) is 0 Å². The first-order chi connectivity index (χ1) is 10.3. The molecule has 8 heteroatoms. The predicted molar refractivity (Wildman–Crippen MR) is 72.4 cm³/mol. The molecule has 0 heterocycles. The Morgan fingerprint density at radius 3 is 2.23 bits per heavy atom. The van der Waals surface area contributed by atoms with Crippen LogP contribution in [-0.2, 0) is 0 Å². The molecule has 0 aromatic heterocycles. The van der Waals surface area contributed by atoms with E-state index in [9.17, 15) is 24.1 Å². The maximum Gasteiger partial charge on any atom is 0.338 e. The molecule has 0 aliphatic carbocycles. The van der Waals surface area contributed by atoms with Crippen LogP contribution in [0.1, 0.15) is 20.7 Å². The van der Waals surface area contributed by atoms with Gasteiger partial charge in [0, 0.05) is 12.1 Å². The molecule has 0 saturated heterocycles. The van der Waals surface area contributed by atoms with Crippen molar-refractivity contribution in [2.24, 2.45) is 0 Å². The third kappa shape index (κ3) is 2.90. The van der Waals surface area contributed by atoms with Gasteiger partial charge in [0.2, 0.25) is 0 Å². The number of hydrogen-bond acceptors (Lipinski definition) is 4. The Labute approximate surface area is 122 Å². The van der Waals surface area contributed by atoms with Gasteiger partial charge in [-0.2, -0.15) is 0 Å². The molecule has 2 aromatic carbocycles. The molecule has 0 fully saturated rings. The molecule has 0 aliphatic rings. The quantitative estimate of drug-likeness (QED) is 0.662. The second-order valence-corrected chi connectivity index (χ2v) is 4.33. The number of halogens is 1. The monoisotopic (exact) mass is 305 g/mol. The van der Waals surface area contributed by atoms with E-state index < -0.39 is 33.9 Å². The van der Waals surface area contributed by atoms with Gasteiger partial charge in [0.1, 0.15) is 5.82 Å². The van der Waals surface area contributed by atoms with Crippen molar-refractivity contribution in [1.29, 1.82) is 0 Å². The SMILES string of the molecule is O=C(O)c1cc(-c2ccc(F)c(C(=O)O)c2)cc([N+](=O)[O-])c1. The average molecular weight is 305 g/mol. The number of carboxylic acid groups (broad SMARTS) is 2. The Balaban J connectivity index is 2.66. The Morgan fingerprint density at radius 1 is 1.00 bits per heavy atom. The fourth-order valence-electron chi connectivity index (χ4n) is 1.88. The minimum absolute atomic E-state index is 0.106. The summed E-state index contributed by atoms with van der Waals surface area (Å²) in [5, 5.41) is 28.7.